The van der Waals surface area contributed by atoms with Crippen molar-refractivity contribution in [2.45, 2.75) is 19.1 Å². The number of rotatable bonds is 6. The zero-order valence-electron chi connectivity index (χ0n) is 17.6. The fourth-order valence-corrected chi connectivity index (χ4v) is 3.76. The summed E-state index contributed by atoms with van der Waals surface area (Å²) in [6.45, 7) is 0.132. The Morgan fingerprint density at radius 2 is 1.71 bits per heavy atom. The fraction of sp³-hybridized carbons (Fsp3) is 0.167. The molecule has 0 fully saturated rings. The SMILES string of the molecule is COC(=O)c1ccc(CCn2c(C=Cc3cc(F)cc(C(F)(F)F)c3)c(Cl)cc(Cl)c2=O)cc1. The average molecular weight is 514 g/mol. The number of alkyl halides is 3. The first-order valence-corrected chi connectivity index (χ1v) is 10.6. The van der Waals surface area contributed by atoms with Crippen LogP contribution < -0.4 is 5.56 Å². The van der Waals surface area contributed by atoms with Crippen LogP contribution in [0.25, 0.3) is 12.2 Å². The summed E-state index contributed by atoms with van der Waals surface area (Å²) in [5.74, 6) is -1.53. The largest absolute Gasteiger partial charge is 0.465 e. The van der Waals surface area contributed by atoms with Gasteiger partial charge in [0.1, 0.15) is 10.8 Å². The minimum Gasteiger partial charge on any atom is -0.465 e. The van der Waals surface area contributed by atoms with E-state index in [2.05, 4.69) is 4.74 Å². The third kappa shape index (κ3) is 6.07. The lowest BCUT2D eigenvalue weighted by atomic mass is 10.1. The summed E-state index contributed by atoms with van der Waals surface area (Å²) in [6.07, 6.45) is -1.80. The lowest BCUT2D eigenvalue weighted by Crippen LogP contribution is -2.24. The Balaban J connectivity index is 1.92. The number of benzene rings is 2. The predicted molar refractivity (Wildman–Crippen MR) is 123 cm³/mol. The number of pyridine rings is 1. The highest BCUT2D eigenvalue weighted by atomic mass is 35.5. The molecule has 0 aliphatic carbocycles. The molecule has 0 unspecified atom stereocenters. The van der Waals surface area contributed by atoms with Gasteiger partial charge in [-0.25, -0.2) is 9.18 Å². The van der Waals surface area contributed by atoms with Crippen LogP contribution in [0, 0.1) is 5.82 Å². The van der Waals surface area contributed by atoms with Gasteiger partial charge in [-0.2, -0.15) is 13.2 Å². The van der Waals surface area contributed by atoms with Crippen molar-refractivity contribution in [2.24, 2.45) is 0 Å². The standard InChI is InChI=1S/C24H17Cl2F4NO3/c1-34-23(33)16-5-2-14(3-6-16)8-9-31-21(19(25)13-20(26)22(31)32)7-4-15-10-17(24(28,29)30)12-18(27)11-15/h2-7,10-13H,8-9H2,1H3. The molecule has 0 aliphatic rings. The molecular formula is C24H17Cl2F4NO3. The van der Waals surface area contributed by atoms with Crippen LogP contribution in [0.3, 0.4) is 0 Å². The maximum Gasteiger partial charge on any atom is 0.416 e. The molecule has 34 heavy (non-hydrogen) atoms. The molecule has 0 radical (unpaired) electrons. The number of halogens is 6. The van der Waals surface area contributed by atoms with E-state index in [-0.39, 0.29) is 27.8 Å². The Bertz CT molecular complexity index is 1300. The quantitative estimate of drug-likeness (QED) is 0.278. The van der Waals surface area contributed by atoms with Crippen molar-refractivity contribution in [1.82, 2.24) is 4.57 Å². The maximum absolute atomic E-state index is 13.7. The van der Waals surface area contributed by atoms with Crippen LogP contribution in [-0.4, -0.2) is 17.6 Å². The normalized spacial score (nSPS) is 11.7. The highest BCUT2D eigenvalue weighted by Crippen LogP contribution is 2.31. The molecule has 178 valence electrons. The van der Waals surface area contributed by atoms with Crippen LogP contribution in [-0.2, 0) is 23.9 Å². The van der Waals surface area contributed by atoms with Crippen molar-refractivity contribution >= 4 is 41.3 Å². The van der Waals surface area contributed by atoms with Crippen molar-refractivity contribution in [2.75, 3.05) is 7.11 Å². The number of ether oxygens (including phenoxy) is 1. The summed E-state index contributed by atoms with van der Waals surface area (Å²) >= 11 is 12.2. The molecule has 4 nitrogen and oxygen atoms in total. The van der Waals surface area contributed by atoms with Crippen LogP contribution in [0.15, 0.2) is 53.3 Å². The Morgan fingerprint density at radius 1 is 1.03 bits per heavy atom. The number of methoxy groups -OCH3 is 1. The van der Waals surface area contributed by atoms with Gasteiger partial charge in [0, 0.05) is 6.54 Å². The van der Waals surface area contributed by atoms with Gasteiger partial charge < -0.3 is 9.30 Å². The summed E-state index contributed by atoms with van der Waals surface area (Å²) in [5, 5.41) is -0.0392. The summed E-state index contributed by atoms with van der Waals surface area (Å²) in [6, 6.07) is 9.91. The Kier molecular flexibility index (Phi) is 7.84. The molecule has 10 heteroatoms. The molecule has 0 spiro atoms. The smallest absolute Gasteiger partial charge is 0.416 e. The number of hydrogen-bond acceptors (Lipinski definition) is 3. The van der Waals surface area contributed by atoms with Crippen LogP contribution in [0.2, 0.25) is 10.0 Å². The Morgan fingerprint density at radius 3 is 2.32 bits per heavy atom. The lowest BCUT2D eigenvalue weighted by molar-refractivity contribution is -0.137. The van der Waals surface area contributed by atoms with Crippen LogP contribution in [0.1, 0.15) is 32.7 Å². The highest BCUT2D eigenvalue weighted by Gasteiger charge is 2.31. The van der Waals surface area contributed by atoms with Crippen LogP contribution >= 0.6 is 23.2 Å². The Labute approximate surface area is 202 Å². The molecule has 0 aliphatic heterocycles. The van der Waals surface area contributed by atoms with Gasteiger partial charge in [0.15, 0.2) is 0 Å². The average Bonchev–Trinajstić information content (AvgIpc) is 2.78. The van der Waals surface area contributed by atoms with Gasteiger partial charge in [0.25, 0.3) is 5.56 Å². The lowest BCUT2D eigenvalue weighted by Gasteiger charge is -2.13. The maximum atomic E-state index is 13.7. The van der Waals surface area contributed by atoms with Gasteiger partial charge in [-0.1, -0.05) is 41.4 Å². The van der Waals surface area contributed by atoms with E-state index in [9.17, 15) is 27.2 Å². The molecule has 0 saturated heterocycles. The van der Waals surface area contributed by atoms with E-state index >= 15 is 0 Å². The zero-order chi connectivity index (χ0) is 25.0. The molecule has 0 N–H and O–H groups in total. The summed E-state index contributed by atoms with van der Waals surface area (Å²) in [4.78, 5) is 24.2. The predicted octanol–water partition coefficient (Wildman–Crippen LogP) is 6.51. The van der Waals surface area contributed by atoms with E-state index in [1.54, 1.807) is 24.3 Å². The van der Waals surface area contributed by atoms with Gasteiger partial charge in [0.05, 0.1) is 29.0 Å². The molecule has 3 aromatic rings. The first-order chi connectivity index (χ1) is 16.0. The van der Waals surface area contributed by atoms with Crippen molar-refractivity contribution < 1.29 is 27.1 Å². The Hall–Kier alpha value is -3.10. The number of aromatic nitrogens is 1. The zero-order valence-corrected chi connectivity index (χ0v) is 19.1. The molecule has 0 amide bonds. The minimum atomic E-state index is -4.71. The second kappa shape index (κ2) is 10.4. The van der Waals surface area contributed by atoms with Crippen molar-refractivity contribution in [3.05, 3.63) is 103 Å². The van der Waals surface area contributed by atoms with Crippen LogP contribution in [0.5, 0.6) is 0 Å². The van der Waals surface area contributed by atoms with E-state index in [0.717, 1.165) is 17.7 Å². The van der Waals surface area contributed by atoms with E-state index in [1.807, 2.05) is 0 Å². The molecule has 0 bridgehead atoms. The van der Waals surface area contributed by atoms with E-state index < -0.39 is 29.1 Å². The van der Waals surface area contributed by atoms with Crippen molar-refractivity contribution in [3.63, 3.8) is 0 Å². The van der Waals surface area contributed by atoms with E-state index in [1.165, 1.54) is 29.9 Å². The number of carbonyl (C=O) groups excluding carboxylic acids is 1. The third-order valence-corrected chi connectivity index (χ3v) is 5.49. The highest BCUT2D eigenvalue weighted by molar-refractivity contribution is 6.35. The van der Waals surface area contributed by atoms with E-state index in [4.69, 9.17) is 23.2 Å². The van der Waals surface area contributed by atoms with Gasteiger partial charge in [0.2, 0.25) is 0 Å². The van der Waals surface area contributed by atoms with Crippen molar-refractivity contribution in [1.29, 1.82) is 0 Å². The van der Waals surface area contributed by atoms with E-state index in [0.29, 0.717) is 18.1 Å². The van der Waals surface area contributed by atoms with Gasteiger partial charge >= 0.3 is 12.1 Å². The number of carbonyl (C=O) groups is 1. The molecule has 1 heterocycles. The molecule has 3 rings (SSSR count). The first-order valence-electron chi connectivity index (χ1n) is 9.81. The van der Waals surface area contributed by atoms with Crippen molar-refractivity contribution in [3.8, 4) is 0 Å². The molecule has 1 aromatic heterocycles. The summed E-state index contributed by atoms with van der Waals surface area (Å²) in [5.41, 5.74) is -0.387. The number of aryl methyl sites for hydroxylation is 1. The van der Waals surface area contributed by atoms with Gasteiger partial charge in [-0.05, 0) is 60.0 Å². The number of esters is 1. The first kappa shape index (κ1) is 25.5. The second-order valence-electron chi connectivity index (χ2n) is 7.23. The topological polar surface area (TPSA) is 48.3 Å². The fourth-order valence-electron chi connectivity index (χ4n) is 3.22. The monoisotopic (exact) mass is 513 g/mol. The minimum absolute atomic E-state index is 0.0595. The molecule has 2 aromatic carbocycles. The summed E-state index contributed by atoms with van der Waals surface area (Å²) < 4.78 is 58.6. The molecule has 0 atom stereocenters. The van der Waals surface area contributed by atoms with Gasteiger partial charge in [-0.3, -0.25) is 4.79 Å². The number of hydrogen-bond donors (Lipinski definition) is 0. The second-order valence-corrected chi connectivity index (χ2v) is 8.04. The number of nitrogens with zero attached hydrogens (tertiary/aromatic N) is 1. The van der Waals surface area contributed by atoms with Gasteiger partial charge in [-0.15, -0.1) is 0 Å². The third-order valence-electron chi connectivity index (χ3n) is 4.92. The summed E-state index contributed by atoms with van der Waals surface area (Å²) in [7, 11) is 1.27. The molecular weight excluding hydrogens is 497 g/mol. The molecule has 0 saturated carbocycles. The van der Waals surface area contributed by atoms with Crippen LogP contribution in [0.4, 0.5) is 17.6 Å².